The van der Waals surface area contributed by atoms with Crippen LogP contribution in [0.25, 0.3) is 0 Å². The summed E-state index contributed by atoms with van der Waals surface area (Å²) in [5.41, 5.74) is 2.10. The SMILES string of the molecule is CC(C)COc1ccc(CN2C(=O)O[C@H](c3ccccc3)[C@@H]2C)cc1. The Labute approximate surface area is 149 Å². The van der Waals surface area contributed by atoms with Gasteiger partial charge in [0.2, 0.25) is 0 Å². The van der Waals surface area contributed by atoms with Crippen molar-refractivity contribution in [3.05, 3.63) is 65.7 Å². The first-order valence-electron chi connectivity index (χ1n) is 8.78. The second kappa shape index (κ2) is 7.60. The molecule has 0 aromatic heterocycles. The number of amides is 1. The summed E-state index contributed by atoms with van der Waals surface area (Å²) in [6.45, 7) is 7.51. The number of rotatable bonds is 6. The van der Waals surface area contributed by atoms with Crippen molar-refractivity contribution in [2.24, 2.45) is 5.92 Å². The van der Waals surface area contributed by atoms with Gasteiger partial charge >= 0.3 is 6.09 Å². The van der Waals surface area contributed by atoms with Crippen LogP contribution in [0.1, 0.15) is 38.0 Å². The van der Waals surface area contributed by atoms with Crippen molar-refractivity contribution in [3.63, 3.8) is 0 Å². The summed E-state index contributed by atoms with van der Waals surface area (Å²) in [6.07, 6.45) is -0.483. The Morgan fingerprint density at radius 2 is 1.76 bits per heavy atom. The smallest absolute Gasteiger partial charge is 0.411 e. The Hall–Kier alpha value is -2.49. The normalized spacial score (nSPS) is 20.0. The van der Waals surface area contributed by atoms with Gasteiger partial charge in [0.1, 0.15) is 11.9 Å². The lowest BCUT2D eigenvalue weighted by atomic mass is 10.0. The molecule has 1 amide bonds. The predicted octanol–water partition coefficient (Wildman–Crippen LogP) is 4.80. The maximum absolute atomic E-state index is 12.3. The van der Waals surface area contributed by atoms with Crippen LogP contribution in [0.15, 0.2) is 54.6 Å². The van der Waals surface area contributed by atoms with Gasteiger partial charge in [0.25, 0.3) is 0 Å². The molecule has 1 saturated heterocycles. The zero-order valence-corrected chi connectivity index (χ0v) is 15.0. The monoisotopic (exact) mass is 339 g/mol. The molecule has 0 spiro atoms. The number of carbonyl (C=O) groups excluding carboxylic acids is 1. The molecule has 0 aliphatic carbocycles. The Kier molecular flexibility index (Phi) is 5.27. The fourth-order valence-electron chi connectivity index (χ4n) is 2.95. The maximum atomic E-state index is 12.3. The third-order valence-electron chi connectivity index (χ3n) is 4.38. The first kappa shape index (κ1) is 17.3. The Morgan fingerprint density at radius 3 is 2.40 bits per heavy atom. The zero-order chi connectivity index (χ0) is 17.8. The molecule has 2 aromatic carbocycles. The topological polar surface area (TPSA) is 38.8 Å². The van der Waals surface area contributed by atoms with E-state index in [0.717, 1.165) is 16.9 Å². The number of benzene rings is 2. The summed E-state index contributed by atoms with van der Waals surface area (Å²) in [5, 5.41) is 0. The van der Waals surface area contributed by atoms with E-state index in [9.17, 15) is 4.79 Å². The molecule has 0 saturated carbocycles. The van der Waals surface area contributed by atoms with E-state index in [4.69, 9.17) is 9.47 Å². The van der Waals surface area contributed by atoms with Crippen LogP contribution < -0.4 is 4.74 Å². The van der Waals surface area contributed by atoms with E-state index in [1.165, 1.54) is 0 Å². The quantitative estimate of drug-likeness (QED) is 0.758. The minimum atomic E-state index is -0.263. The Bertz CT molecular complexity index is 697. The van der Waals surface area contributed by atoms with Crippen molar-refractivity contribution >= 4 is 6.09 Å². The summed E-state index contributed by atoms with van der Waals surface area (Å²) in [6, 6.07) is 17.8. The summed E-state index contributed by atoms with van der Waals surface area (Å²) in [7, 11) is 0. The molecule has 2 atom stereocenters. The van der Waals surface area contributed by atoms with Crippen LogP contribution in [-0.4, -0.2) is 23.6 Å². The molecule has 3 rings (SSSR count). The molecule has 4 heteroatoms. The van der Waals surface area contributed by atoms with Gasteiger partial charge in [0.15, 0.2) is 0 Å². The molecule has 0 bridgehead atoms. The van der Waals surface area contributed by atoms with Crippen LogP contribution in [0.2, 0.25) is 0 Å². The maximum Gasteiger partial charge on any atom is 0.411 e. The van der Waals surface area contributed by atoms with Crippen molar-refractivity contribution in [1.29, 1.82) is 0 Å². The van der Waals surface area contributed by atoms with Crippen molar-refractivity contribution in [1.82, 2.24) is 4.90 Å². The van der Waals surface area contributed by atoms with E-state index >= 15 is 0 Å². The molecule has 0 radical (unpaired) electrons. The minimum Gasteiger partial charge on any atom is -0.493 e. The average molecular weight is 339 g/mol. The van der Waals surface area contributed by atoms with Crippen molar-refractivity contribution in [2.45, 2.75) is 39.5 Å². The first-order chi connectivity index (χ1) is 12.0. The molecule has 0 N–H and O–H groups in total. The van der Waals surface area contributed by atoms with E-state index in [2.05, 4.69) is 13.8 Å². The third kappa shape index (κ3) is 4.13. The highest BCUT2D eigenvalue weighted by Crippen LogP contribution is 2.33. The van der Waals surface area contributed by atoms with Crippen molar-refractivity contribution in [2.75, 3.05) is 6.61 Å². The molecule has 25 heavy (non-hydrogen) atoms. The van der Waals surface area contributed by atoms with E-state index in [-0.39, 0.29) is 18.2 Å². The highest BCUT2D eigenvalue weighted by Gasteiger charge is 2.39. The lowest BCUT2D eigenvalue weighted by Crippen LogP contribution is -2.31. The van der Waals surface area contributed by atoms with E-state index in [1.54, 1.807) is 4.90 Å². The molecular formula is C21H25NO3. The number of hydrogen-bond acceptors (Lipinski definition) is 3. The van der Waals surface area contributed by atoms with Crippen LogP contribution in [0.3, 0.4) is 0 Å². The number of cyclic esters (lactones) is 1. The van der Waals surface area contributed by atoms with Crippen LogP contribution in [0.5, 0.6) is 5.75 Å². The highest BCUT2D eigenvalue weighted by molar-refractivity contribution is 5.71. The Morgan fingerprint density at radius 1 is 1.08 bits per heavy atom. The van der Waals surface area contributed by atoms with E-state index < -0.39 is 0 Å². The molecule has 1 aliphatic rings. The predicted molar refractivity (Wildman–Crippen MR) is 97.4 cm³/mol. The molecule has 132 valence electrons. The van der Waals surface area contributed by atoms with E-state index in [1.807, 2.05) is 61.5 Å². The number of hydrogen-bond donors (Lipinski definition) is 0. The van der Waals surface area contributed by atoms with Gasteiger partial charge in [0.05, 0.1) is 12.6 Å². The fourth-order valence-corrected chi connectivity index (χ4v) is 2.95. The van der Waals surface area contributed by atoms with Crippen LogP contribution in [-0.2, 0) is 11.3 Å². The van der Waals surface area contributed by atoms with Crippen LogP contribution in [0.4, 0.5) is 4.79 Å². The van der Waals surface area contributed by atoms with Gasteiger partial charge in [-0.25, -0.2) is 4.79 Å². The first-order valence-corrected chi connectivity index (χ1v) is 8.78. The number of nitrogens with zero attached hydrogens (tertiary/aromatic N) is 1. The van der Waals surface area contributed by atoms with Gasteiger partial charge < -0.3 is 9.47 Å². The van der Waals surface area contributed by atoms with Gasteiger partial charge in [-0.2, -0.15) is 0 Å². The van der Waals surface area contributed by atoms with Crippen molar-refractivity contribution in [3.8, 4) is 5.75 Å². The molecular weight excluding hydrogens is 314 g/mol. The minimum absolute atomic E-state index is 0.00762. The van der Waals surface area contributed by atoms with Gasteiger partial charge in [-0.15, -0.1) is 0 Å². The zero-order valence-electron chi connectivity index (χ0n) is 15.0. The molecule has 2 aromatic rings. The second-order valence-electron chi connectivity index (χ2n) is 6.93. The van der Waals surface area contributed by atoms with Crippen molar-refractivity contribution < 1.29 is 14.3 Å². The van der Waals surface area contributed by atoms with Gasteiger partial charge in [-0.1, -0.05) is 56.3 Å². The lowest BCUT2D eigenvalue weighted by Gasteiger charge is -2.21. The lowest BCUT2D eigenvalue weighted by molar-refractivity contribution is 0.130. The van der Waals surface area contributed by atoms with Crippen LogP contribution in [0, 0.1) is 5.92 Å². The molecule has 4 nitrogen and oxygen atoms in total. The van der Waals surface area contributed by atoms with Gasteiger partial charge in [-0.05, 0) is 36.1 Å². The molecule has 1 fully saturated rings. The van der Waals surface area contributed by atoms with Gasteiger partial charge in [-0.3, -0.25) is 4.90 Å². The Balaban J connectivity index is 1.65. The fraction of sp³-hybridized carbons (Fsp3) is 0.381. The summed E-state index contributed by atoms with van der Waals surface area (Å²) >= 11 is 0. The van der Waals surface area contributed by atoms with Crippen LogP contribution >= 0.6 is 0 Å². The summed E-state index contributed by atoms with van der Waals surface area (Å²) in [4.78, 5) is 14.1. The molecule has 0 unspecified atom stereocenters. The average Bonchev–Trinajstić information content (AvgIpc) is 2.90. The third-order valence-corrected chi connectivity index (χ3v) is 4.38. The number of carbonyl (C=O) groups is 1. The second-order valence-corrected chi connectivity index (χ2v) is 6.93. The number of ether oxygens (including phenoxy) is 2. The molecule has 1 aliphatic heterocycles. The van der Waals surface area contributed by atoms with E-state index in [0.29, 0.717) is 19.1 Å². The largest absolute Gasteiger partial charge is 0.493 e. The summed E-state index contributed by atoms with van der Waals surface area (Å²) in [5.74, 6) is 1.35. The standard InChI is InChI=1S/C21H25NO3/c1-15(2)14-24-19-11-9-17(10-12-19)13-22-16(3)20(25-21(22)23)18-7-5-4-6-8-18/h4-12,15-16,20H,13-14H2,1-3H3/t16-,20-/m0/s1. The summed E-state index contributed by atoms with van der Waals surface area (Å²) < 4.78 is 11.3. The highest BCUT2D eigenvalue weighted by atomic mass is 16.6. The van der Waals surface area contributed by atoms with Gasteiger partial charge in [0, 0.05) is 6.54 Å². The molecule has 1 heterocycles.